The molecular weight excluding hydrogens is 248 g/mol. The smallest absolute Gasteiger partial charge is 0.168 e. The molecule has 2 aliphatic rings. The third-order valence-electron chi connectivity index (χ3n) is 4.23. The summed E-state index contributed by atoms with van der Waals surface area (Å²) in [6, 6.07) is 8.40. The van der Waals surface area contributed by atoms with Crippen LogP contribution in [0.15, 0.2) is 48.4 Å². The number of hydrogen-bond acceptors (Lipinski definition) is 2. The lowest BCUT2D eigenvalue weighted by molar-refractivity contribution is -0.893. The molecule has 1 aromatic rings. The van der Waals surface area contributed by atoms with Crippen LogP contribution < -0.4 is 4.74 Å². The highest BCUT2D eigenvalue weighted by molar-refractivity contribution is 5.35. The van der Waals surface area contributed by atoms with E-state index in [1.165, 1.54) is 17.7 Å². The highest BCUT2D eigenvalue weighted by Gasteiger charge is 2.37. The van der Waals surface area contributed by atoms with Crippen molar-refractivity contribution in [1.29, 1.82) is 0 Å². The molecule has 0 aromatic heterocycles. The Bertz CT molecular complexity index is 548. The number of para-hydroxylation sites is 1. The minimum Gasteiger partial charge on any atom is -0.458 e. The van der Waals surface area contributed by atoms with E-state index in [1.54, 1.807) is 0 Å². The Labute approximate surface area is 121 Å². The molecule has 3 nitrogen and oxygen atoms in total. The third kappa shape index (κ3) is 2.51. The second-order valence-corrected chi connectivity index (χ2v) is 6.04. The first-order chi connectivity index (χ1) is 9.70. The van der Waals surface area contributed by atoms with Gasteiger partial charge in [-0.25, -0.2) is 0 Å². The first-order valence-corrected chi connectivity index (χ1v) is 7.32. The Balaban J connectivity index is 1.84. The van der Waals surface area contributed by atoms with Crippen molar-refractivity contribution in [3.05, 3.63) is 53.9 Å². The molecule has 0 saturated heterocycles. The quantitative estimate of drug-likeness (QED) is 0.781. The highest BCUT2D eigenvalue weighted by Crippen LogP contribution is 2.35. The van der Waals surface area contributed by atoms with Crippen LogP contribution in [0, 0.1) is 0 Å². The predicted octanol–water partition coefficient (Wildman–Crippen LogP) is 2.76. The Hall–Kier alpha value is -1.58. The fraction of sp³-hybridized carbons (Fsp3) is 0.412. The maximum atomic E-state index is 5.88. The number of quaternary nitrogens is 1. The first-order valence-electron chi connectivity index (χ1n) is 7.32. The number of allylic oxidation sites excluding steroid dienone is 1. The maximum absolute atomic E-state index is 5.88. The molecular formula is C17H23N2O+. The van der Waals surface area contributed by atoms with Gasteiger partial charge in [-0.2, -0.15) is 0 Å². The van der Waals surface area contributed by atoms with E-state index < -0.39 is 0 Å². The standard InChI is InChI=1S/C17H23N2O/c1-18(2)10-6-12-19-11-5-8-16(19)14-20-17-9-4-3-7-15(17)13-19/h3-5,7-9,14H,6,10-13H2,1-2H3/q+1. The number of rotatable bonds is 4. The van der Waals surface area contributed by atoms with E-state index in [9.17, 15) is 0 Å². The van der Waals surface area contributed by atoms with Gasteiger partial charge in [0.2, 0.25) is 0 Å². The third-order valence-corrected chi connectivity index (χ3v) is 4.23. The topological polar surface area (TPSA) is 12.5 Å². The fourth-order valence-corrected chi connectivity index (χ4v) is 3.13. The lowest BCUT2D eigenvalue weighted by atomic mass is 10.1. The maximum Gasteiger partial charge on any atom is 0.168 e. The molecule has 106 valence electrons. The van der Waals surface area contributed by atoms with E-state index in [1.807, 2.05) is 12.3 Å². The number of hydrogen-bond donors (Lipinski definition) is 0. The summed E-state index contributed by atoms with van der Waals surface area (Å²) in [6.45, 7) is 4.41. The van der Waals surface area contributed by atoms with Crippen LogP contribution in [0.3, 0.4) is 0 Å². The Morgan fingerprint density at radius 3 is 2.95 bits per heavy atom. The number of ether oxygens (including phenoxy) is 1. The summed E-state index contributed by atoms with van der Waals surface area (Å²) in [5, 5.41) is 0. The molecule has 2 heterocycles. The van der Waals surface area contributed by atoms with Gasteiger partial charge >= 0.3 is 0 Å². The molecule has 0 radical (unpaired) electrons. The van der Waals surface area contributed by atoms with Crippen molar-refractivity contribution in [1.82, 2.24) is 4.90 Å². The Morgan fingerprint density at radius 1 is 1.25 bits per heavy atom. The van der Waals surface area contributed by atoms with Crippen LogP contribution in [-0.4, -0.2) is 43.1 Å². The van der Waals surface area contributed by atoms with Crippen LogP contribution in [-0.2, 0) is 6.54 Å². The van der Waals surface area contributed by atoms with Gasteiger partial charge in [-0.1, -0.05) is 12.1 Å². The molecule has 1 aromatic carbocycles. The molecule has 0 N–H and O–H groups in total. The van der Waals surface area contributed by atoms with E-state index in [4.69, 9.17) is 4.74 Å². The normalized spacial score (nSPS) is 23.9. The lowest BCUT2D eigenvalue weighted by Gasteiger charge is -2.34. The van der Waals surface area contributed by atoms with Crippen LogP contribution in [0.25, 0.3) is 0 Å². The molecule has 1 unspecified atom stereocenters. The molecule has 0 aliphatic carbocycles. The Morgan fingerprint density at radius 2 is 2.10 bits per heavy atom. The second kappa shape index (κ2) is 5.43. The molecule has 0 spiro atoms. The van der Waals surface area contributed by atoms with E-state index in [2.05, 4.69) is 49.3 Å². The molecule has 2 aliphatic heterocycles. The highest BCUT2D eigenvalue weighted by atomic mass is 16.5. The van der Waals surface area contributed by atoms with Gasteiger partial charge in [0, 0.05) is 24.6 Å². The molecule has 3 heteroatoms. The van der Waals surface area contributed by atoms with Gasteiger partial charge in [-0.3, -0.25) is 4.48 Å². The van der Waals surface area contributed by atoms with Crippen LogP contribution in [0.1, 0.15) is 12.0 Å². The SMILES string of the molecule is CN(C)CCC[N+]12CC=CC1=COc1ccccc1C2. The van der Waals surface area contributed by atoms with Gasteiger partial charge < -0.3 is 9.64 Å². The Kier molecular flexibility index (Phi) is 3.64. The van der Waals surface area contributed by atoms with Crippen molar-refractivity contribution in [3.63, 3.8) is 0 Å². The van der Waals surface area contributed by atoms with Gasteiger partial charge in [0.15, 0.2) is 12.0 Å². The average Bonchev–Trinajstić information content (AvgIpc) is 2.73. The number of nitrogens with zero attached hydrogens (tertiary/aromatic N) is 2. The van der Waals surface area contributed by atoms with Crippen molar-refractivity contribution in [3.8, 4) is 5.75 Å². The molecule has 20 heavy (non-hydrogen) atoms. The van der Waals surface area contributed by atoms with E-state index in [-0.39, 0.29) is 0 Å². The zero-order chi connectivity index (χ0) is 14.0. The minimum absolute atomic E-state index is 1.00. The van der Waals surface area contributed by atoms with Gasteiger partial charge in [0.1, 0.15) is 18.8 Å². The second-order valence-electron chi connectivity index (χ2n) is 6.04. The number of benzene rings is 1. The fourth-order valence-electron chi connectivity index (χ4n) is 3.13. The van der Waals surface area contributed by atoms with Crippen LogP contribution in [0.2, 0.25) is 0 Å². The molecule has 1 atom stereocenters. The molecule has 0 amide bonds. The molecule has 3 rings (SSSR count). The van der Waals surface area contributed by atoms with Crippen LogP contribution >= 0.6 is 0 Å². The van der Waals surface area contributed by atoms with Crippen molar-refractivity contribution in [2.24, 2.45) is 0 Å². The first kappa shape index (κ1) is 13.4. The van der Waals surface area contributed by atoms with Gasteiger partial charge in [-0.05, 0) is 32.3 Å². The molecule has 0 fully saturated rings. The van der Waals surface area contributed by atoms with E-state index >= 15 is 0 Å². The summed E-state index contributed by atoms with van der Waals surface area (Å²) in [5.41, 5.74) is 2.62. The van der Waals surface area contributed by atoms with Crippen LogP contribution in [0.4, 0.5) is 0 Å². The van der Waals surface area contributed by atoms with Crippen molar-refractivity contribution >= 4 is 0 Å². The zero-order valence-corrected chi connectivity index (χ0v) is 12.4. The summed E-state index contributed by atoms with van der Waals surface area (Å²) in [4.78, 5) is 2.26. The van der Waals surface area contributed by atoms with Gasteiger partial charge in [-0.15, -0.1) is 0 Å². The molecule has 0 saturated carbocycles. The minimum atomic E-state index is 1.00. The number of fused-ring (bicyclic) bond motifs is 2. The van der Waals surface area contributed by atoms with Gasteiger partial charge in [0.25, 0.3) is 0 Å². The van der Waals surface area contributed by atoms with Crippen LogP contribution in [0.5, 0.6) is 5.75 Å². The monoisotopic (exact) mass is 271 g/mol. The van der Waals surface area contributed by atoms with Crippen molar-refractivity contribution < 1.29 is 9.22 Å². The molecule has 0 bridgehead atoms. The van der Waals surface area contributed by atoms with E-state index in [0.717, 1.165) is 36.4 Å². The summed E-state index contributed by atoms with van der Waals surface area (Å²) < 4.78 is 6.88. The lowest BCUT2D eigenvalue weighted by Crippen LogP contribution is -2.44. The largest absolute Gasteiger partial charge is 0.458 e. The van der Waals surface area contributed by atoms with E-state index in [0.29, 0.717) is 0 Å². The van der Waals surface area contributed by atoms with Crippen molar-refractivity contribution in [2.75, 3.05) is 33.7 Å². The van der Waals surface area contributed by atoms with Gasteiger partial charge in [0.05, 0.1) is 6.54 Å². The summed E-state index contributed by atoms with van der Waals surface area (Å²) in [7, 11) is 4.28. The summed E-state index contributed by atoms with van der Waals surface area (Å²) in [5.74, 6) is 1.01. The zero-order valence-electron chi connectivity index (χ0n) is 12.4. The predicted molar refractivity (Wildman–Crippen MR) is 81.2 cm³/mol. The summed E-state index contributed by atoms with van der Waals surface area (Å²) in [6.07, 6.45) is 7.65. The average molecular weight is 271 g/mol. The summed E-state index contributed by atoms with van der Waals surface area (Å²) >= 11 is 0. The van der Waals surface area contributed by atoms with Crippen molar-refractivity contribution in [2.45, 2.75) is 13.0 Å².